The van der Waals surface area contributed by atoms with Crippen molar-refractivity contribution in [2.45, 2.75) is 13.3 Å². The summed E-state index contributed by atoms with van der Waals surface area (Å²) in [7, 11) is 0. The maximum atomic E-state index is 5.53. The Bertz CT molecular complexity index is 1160. The summed E-state index contributed by atoms with van der Waals surface area (Å²) in [5.74, 6) is 1.57. The molecule has 4 heterocycles. The smallest absolute Gasteiger partial charge is 0.160 e. The Morgan fingerprint density at radius 3 is 2.75 bits per heavy atom. The fourth-order valence-corrected chi connectivity index (χ4v) is 3.36. The minimum Gasteiger partial charge on any atom is -0.378 e. The lowest BCUT2D eigenvalue weighted by Gasteiger charge is -2.29. The SMILES string of the molecule is C=CC(/C=N/Nc1cc(N2CCOCC2)n2nc(-c3ccncc3)cc2n1)=C\C(=C)CC. The summed E-state index contributed by atoms with van der Waals surface area (Å²) in [4.78, 5) is 11.1. The van der Waals surface area contributed by atoms with E-state index in [-0.39, 0.29) is 0 Å². The van der Waals surface area contributed by atoms with Crippen molar-refractivity contribution in [2.75, 3.05) is 36.6 Å². The molecule has 0 aliphatic carbocycles. The summed E-state index contributed by atoms with van der Waals surface area (Å²) >= 11 is 0. The molecule has 1 fully saturated rings. The Labute approximate surface area is 187 Å². The van der Waals surface area contributed by atoms with Crippen LogP contribution < -0.4 is 10.3 Å². The molecule has 8 heteroatoms. The summed E-state index contributed by atoms with van der Waals surface area (Å²) in [5, 5.41) is 9.17. The molecule has 0 bridgehead atoms. The van der Waals surface area contributed by atoms with E-state index >= 15 is 0 Å². The quantitative estimate of drug-likeness (QED) is 0.330. The van der Waals surface area contributed by atoms with Crippen LogP contribution in [0.3, 0.4) is 0 Å². The Morgan fingerprint density at radius 1 is 1.25 bits per heavy atom. The molecule has 3 aromatic heterocycles. The first-order chi connectivity index (χ1) is 15.7. The van der Waals surface area contributed by atoms with E-state index in [2.05, 4.69) is 40.5 Å². The molecule has 1 aliphatic heterocycles. The number of nitrogens with zero attached hydrogens (tertiary/aromatic N) is 6. The second kappa shape index (κ2) is 10.0. The summed E-state index contributed by atoms with van der Waals surface area (Å²) in [6.07, 6.45) is 9.82. The molecule has 0 amide bonds. The number of hydrogen-bond acceptors (Lipinski definition) is 7. The van der Waals surface area contributed by atoms with E-state index in [0.717, 1.165) is 53.4 Å². The van der Waals surface area contributed by atoms with Gasteiger partial charge in [0.25, 0.3) is 0 Å². The van der Waals surface area contributed by atoms with Gasteiger partial charge in [-0.2, -0.15) is 14.7 Å². The normalized spacial score (nSPS) is 14.8. The third kappa shape index (κ3) is 4.92. The van der Waals surface area contributed by atoms with Gasteiger partial charge in [0, 0.05) is 43.2 Å². The molecule has 0 aromatic carbocycles. The molecular formula is C24H27N7O. The third-order valence-electron chi connectivity index (χ3n) is 5.17. The van der Waals surface area contributed by atoms with Crippen LogP contribution in [-0.4, -0.2) is 52.1 Å². The fraction of sp³-hybridized carbons (Fsp3) is 0.250. The maximum Gasteiger partial charge on any atom is 0.160 e. The van der Waals surface area contributed by atoms with Gasteiger partial charge in [-0.1, -0.05) is 37.8 Å². The highest BCUT2D eigenvalue weighted by Crippen LogP contribution is 2.25. The Kier molecular flexibility index (Phi) is 6.72. The minimum atomic E-state index is 0.633. The van der Waals surface area contributed by atoms with Crippen LogP contribution in [0, 0.1) is 0 Å². The van der Waals surface area contributed by atoms with Gasteiger partial charge in [-0.05, 0) is 24.1 Å². The molecule has 3 aromatic rings. The highest BCUT2D eigenvalue weighted by Gasteiger charge is 2.18. The van der Waals surface area contributed by atoms with Crippen molar-refractivity contribution in [3.63, 3.8) is 0 Å². The largest absolute Gasteiger partial charge is 0.378 e. The van der Waals surface area contributed by atoms with Crippen LogP contribution in [0.2, 0.25) is 0 Å². The van der Waals surface area contributed by atoms with Crippen molar-refractivity contribution >= 4 is 23.5 Å². The topological polar surface area (TPSA) is 79.9 Å². The summed E-state index contributed by atoms with van der Waals surface area (Å²) < 4.78 is 7.40. The Balaban J connectivity index is 1.68. The molecule has 4 rings (SSSR count). The Morgan fingerprint density at radius 2 is 2.03 bits per heavy atom. The van der Waals surface area contributed by atoms with Crippen molar-refractivity contribution in [3.8, 4) is 11.3 Å². The predicted octanol–water partition coefficient (Wildman–Crippen LogP) is 4.10. The number of morpholine rings is 1. The van der Waals surface area contributed by atoms with Gasteiger partial charge >= 0.3 is 0 Å². The molecule has 0 unspecified atom stereocenters. The van der Waals surface area contributed by atoms with E-state index in [9.17, 15) is 0 Å². The number of allylic oxidation sites excluding steroid dienone is 4. The predicted molar refractivity (Wildman–Crippen MR) is 129 cm³/mol. The Hall–Kier alpha value is -3.78. The van der Waals surface area contributed by atoms with Crippen molar-refractivity contribution in [2.24, 2.45) is 5.10 Å². The van der Waals surface area contributed by atoms with Crippen LogP contribution in [0.4, 0.5) is 11.6 Å². The summed E-state index contributed by atoms with van der Waals surface area (Å²) in [5.41, 5.74) is 7.51. The molecule has 0 spiro atoms. The number of aromatic nitrogens is 4. The molecule has 0 radical (unpaired) electrons. The zero-order chi connectivity index (χ0) is 22.3. The van der Waals surface area contributed by atoms with E-state index in [1.807, 2.05) is 34.9 Å². The van der Waals surface area contributed by atoms with Gasteiger partial charge < -0.3 is 9.64 Å². The number of anilines is 2. The lowest BCUT2D eigenvalue weighted by molar-refractivity contribution is 0.122. The molecule has 8 nitrogen and oxygen atoms in total. The zero-order valence-corrected chi connectivity index (χ0v) is 18.2. The molecule has 1 aliphatic rings. The van der Waals surface area contributed by atoms with Gasteiger partial charge in [0.2, 0.25) is 0 Å². The van der Waals surface area contributed by atoms with Gasteiger partial charge in [0.15, 0.2) is 11.5 Å². The molecule has 32 heavy (non-hydrogen) atoms. The van der Waals surface area contributed by atoms with Gasteiger partial charge in [0.05, 0.1) is 25.1 Å². The molecule has 1 saturated heterocycles. The lowest BCUT2D eigenvalue weighted by atomic mass is 10.1. The fourth-order valence-electron chi connectivity index (χ4n) is 3.36. The maximum absolute atomic E-state index is 5.53. The van der Waals surface area contributed by atoms with Crippen molar-refractivity contribution in [1.82, 2.24) is 19.6 Å². The van der Waals surface area contributed by atoms with Gasteiger partial charge in [-0.15, -0.1) is 0 Å². The molecule has 0 atom stereocenters. The highest BCUT2D eigenvalue weighted by molar-refractivity contribution is 5.83. The van der Waals surface area contributed by atoms with Crippen LogP contribution in [-0.2, 0) is 4.74 Å². The third-order valence-corrected chi connectivity index (χ3v) is 5.17. The lowest BCUT2D eigenvalue weighted by Crippen LogP contribution is -2.37. The van der Waals surface area contributed by atoms with Crippen LogP contribution in [0.5, 0.6) is 0 Å². The van der Waals surface area contributed by atoms with E-state index < -0.39 is 0 Å². The number of hydrazone groups is 1. The molecule has 164 valence electrons. The zero-order valence-electron chi connectivity index (χ0n) is 18.2. The van der Waals surface area contributed by atoms with E-state index in [1.165, 1.54) is 0 Å². The number of rotatable bonds is 8. The van der Waals surface area contributed by atoms with Gasteiger partial charge in [0.1, 0.15) is 5.82 Å². The number of pyridine rings is 1. The summed E-state index contributed by atoms with van der Waals surface area (Å²) in [6.45, 7) is 12.8. The number of hydrogen-bond donors (Lipinski definition) is 1. The van der Waals surface area contributed by atoms with Crippen LogP contribution in [0.1, 0.15) is 13.3 Å². The van der Waals surface area contributed by atoms with Crippen LogP contribution in [0.15, 0.2) is 78.2 Å². The first-order valence-corrected chi connectivity index (χ1v) is 10.6. The average Bonchev–Trinajstić information content (AvgIpc) is 3.28. The van der Waals surface area contributed by atoms with Crippen molar-refractivity contribution < 1.29 is 4.74 Å². The molecular weight excluding hydrogens is 402 g/mol. The highest BCUT2D eigenvalue weighted by atomic mass is 16.5. The standard InChI is InChI=1S/C24H27N7O/c1-4-18(3)14-19(5-2)17-26-28-22-16-24(30-10-12-32-13-11-30)31-23(27-22)15-21(29-31)20-6-8-25-9-7-20/h5-9,14-17H,2-4,10-13H2,1H3,(H,27,28)/b19-14+,26-17+. The first-order valence-electron chi connectivity index (χ1n) is 10.6. The van der Waals surface area contributed by atoms with Crippen molar-refractivity contribution in [3.05, 3.63) is 73.1 Å². The number of ether oxygens (including phenoxy) is 1. The second-order valence-electron chi connectivity index (χ2n) is 7.36. The second-order valence-corrected chi connectivity index (χ2v) is 7.36. The van der Waals surface area contributed by atoms with E-state index in [4.69, 9.17) is 14.8 Å². The van der Waals surface area contributed by atoms with Crippen molar-refractivity contribution in [1.29, 1.82) is 0 Å². The first kappa shape index (κ1) is 21.5. The average molecular weight is 430 g/mol. The van der Waals surface area contributed by atoms with Gasteiger partial charge in [-0.3, -0.25) is 10.4 Å². The monoisotopic (exact) mass is 429 g/mol. The summed E-state index contributed by atoms with van der Waals surface area (Å²) in [6, 6.07) is 7.80. The molecule has 0 saturated carbocycles. The minimum absolute atomic E-state index is 0.633. The van der Waals surface area contributed by atoms with Crippen LogP contribution >= 0.6 is 0 Å². The number of fused-ring (bicyclic) bond motifs is 1. The van der Waals surface area contributed by atoms with E-state index in [1.54, 1.807) is 24.7 Å². The van der Waals surface area contributed by atoms with E-state index in [0.29, 0.717) is 19.0 Å². The number of nitrogens with one attached hydrogen (secondary N) is 1. The van der Waals surface area contributed by atoms with Gasteiger partial charge in [-0.25, -0.2) is 4.98 Å². The molecule has 1 N–H and O–H groups in total. The van der Waals surface area contributed by atoms with Crippen LogP contribution in [0.25, 0.3) is 16.9 Å².